The van der Waals surface area contributed by atoms with Crippen molar-refractivity contribution in [2.45, 2.75) is 31.9 Å². The van der Waals surface area contributed by atoms with E-state index in [1.54, 1.807) is 5.43 Å². The maximum Gasteiger partial charge on any atom is 0.402 e. The maximum absolute atomic E-state index is 12.6. The summed E-state index contributed by atoms with van der Waals surface area (Å²) in [4.78, 5) is 0. The second-order valence-corrected chi connectivity index (χ2v) is 3.68. The average molecular weight is 291 g/mol. The Balaban J connectivity index is 3.26. The summed E-state index contributed by atoms with van der Waals surface area (Å²) in [5.41, 5.74) is 1.17. The molecule has 0 saturated heterocycles. The second kappa shape index (κ2) is 5.33. The molecule has 0 saturated carbocycles. The average Bonchev–Trinajstić information content (AvgIpc) is 2.69. The Morgan fingerprint density at radius 2 is 1.79 bits per heavy atom. The van der Waals surface area contributed by atoms with E-state index in [0.29, 0.717) is 0 Å². The summed E-state index contributed by atoms with van der Waals surface area (Å²) in [6.07, 6.45) is -10.2. The molecule has 1 aromatic heterocycles. The quantitative estimate of drug-likeness (QED) is 0.501. The Hall–Kier alpha value is -1.36. The number of aromatic nitrogens is 3. The summed E-state index contributed by atoms with van der Waals surface area (Å²) in [7, 11) is 0. The maximum atomic E-state index is 12.6. The second-order valence-electron chi connectivity index (χ2n) is 3.68. The van der Waals surface area contributed by atoms with Crippen LogP contribution in [-0.4, -0.2) is 27.3 Å². The van der Waals surface area contributed by atoms with Crippen LogP contribution in [0.15, 0.2) is 6.20 Å². The van der Waals surface area contributed by atoms with E-state index in [2.05, 4.69) is 10.3 Å². The standard InChI is InChI=1S/C8H11F6N5/c1-2-19-4(3-16-18-19)5(17-15)6(7(9,10)11)8(12,13)14/h3,5-6,17H,2,15H2,1H3. The summed E-state index contributed by atoms with van der Waals surface area (Å²) >= 11 is 0. The molecule has 3 N–H and O–H groups in total. The Kier molecular flexibility index (Phi) is 4.40. The van der Waals surface area contributed by atoms with Gasteiger partial charge in [0.15, 0.2) is 5.92 Å². The largest absolute Gasteiger partial charge is 0.402 e. The predicted octanol–water partition coefficient (Wildman–Crippen LogP) is 1.54. The first-order valence-corrected chi connectivity index (χ1v) is 5.10. The van der Waals surface area contributed by atoms with Crippen LogP contribution >= 0.6 is 0 Å². The first kappa shape index (κ1) is 15.7. The highest BCUT2D eigenvalue weighted by molar-refractivity contribution is 5.07. The van der Waals surface area contributed by atoms with Crippen LogP contribution in [0.5, 0.6) is 0 Å². The molecule has 1 aromatic rings. The minimum absolute atomic E-state index is 0.0654. The zero-order chi connectivity index (χ0) is 14.8. The molecule has 0 bridgehead atoms. The van der Waals surface area contributed by atoms with Crippen LogP contribution in [0.25, 0.3) is 0 Å². The molecule has 0 aliphatic carbocycles. The van der Waals surface area contributed by atoms with E-state index in [1.807, 2.05) is 0 Å². The molecule has 0 aliphatic heterocycles. The molecule has 0 radical (unpaired) electrons. The molecule has 110 valence electrons. The fraction of sp³-hybridized carbons (Fsp3) is 0.750. The third-order valence-corrected chi connectivity index (χ3v) is 2.48. The molecular weight excluding hydrogens is 280 g/mol. The van der Waals surface area contributed by atoms with E-state index >= 15 is 0 Å². The number of aryl methyl sites for hydroxylation is 1. The number of nitrogens with zero attached hydrogens (tertiary/aromatic N) is 3. The van der Waals surface area contributed by atoms with Gasteiger partial charge in [-0.1, -0.05) is 5.21 Å². The first-order valence-electron chi connectivity index (χ1n) is 5.10. The summed E-state index contributed by atoms with van der Waals surface area (Å²) in [5.74, 6) is 1.22. The van der Waals surface area contributed by atoms with E-state index in [1.165, 1.54) is 6.92 Å². The number of rotatable bonds is 4. The molecule has 0 amide bonds. The van der Waals surface area contributed by atoms with Crippen molar-refractivity contribution in [2.75, 3.05) is 0 Å². The molecule has 19 heavy (non-hydrogen) atoms. The van der Waals surface area contributed by atoms with Gasteiger partial charge in [0.25, 0.3) is 0 Å². The monoisotopic (exact) mass is 291 g/mol. The van der Waals surface area contributed by atoms with E-state index in [0.717, 1.165) is 10.9 Å². The van der Waals surface area contributed by atoms with Gasteiger partial charge >= 0.3 is 12.4 Å². The lowest BCUT2D eigenvalue weighted by molar-refractivity contribution is -0.293. The zero-order valence-electron chi connectivity index (χ0n) is 9.63. The van der Waals surface area contributed by atoms with E-state index in [4.69, 9.17) is 5.84 Å². The highest BCUT2D eigenvalue weighted by Gasteiger charge is 2.61. The van der Waals surface area contributed by atoms with Gasteiger partial charge in [0, 0.05) is 6.54 Å². The van der Waals surface area contributed by atoms with Gasteiger partial charge in [0.05, 0.1) is 17.9 Å². The fourth-order valence-corrected chi connectivity index (χ4v) is 1.67. The van der Waals surface area contributed by atoms with Gasteiger partial charge in [-0.05, 0) is 6.92 Å². The smallest absolute Gasteiger partial charge is 0.271 e. The highest BCUT2D eigenvalue weighted by Crippen LogP contribution is 2.45. The van der Waals surface area contributed by atoms with Crippen molar-refractivity contribution < 1.29 is 26.3 Å². The lowest BCUT2D eigenvalue weighted by Crippen LogP contribution is -2.48. The van der Waals surface area contributed by atoms with Crippen molar-refractivity contribution in [2.24, 2.45) is 11.8 Å². The van der Waals surface area contributed by atoms with E-state index in [-0.39, 0.29) is 12.2 Å². The Morgan fingerprint density at radius 3 is 2.16 bits per heavy atom. The van der Waals surface area contributed by atoms with Crippen molar-refractivity contribution in [1.82, 2.24) is 20.4 Å². The van der Waals surface area contributed by atoms with Crippen LogP contribution in [0, 0.1) is 5.92 Å². The minimum Gasteiger partial charge on any atom is -0.271 e. The Labute approximate surface area is 103 Å². The van der Waals surface area contributed by atoms with Crippen LogP contribution in [-0.2, 0) is 6.54 Å². The van der Waals surface area contributed by atoms with Crippen LogP contribution in [0.3, 0.4) is 0 Å². The summed E-state index contributed by atoms with van der Waals surface area (Å²) in [6, 6.07) is -2.21. The van der Waals surface area contributed by atoms with Crippen LogP contribution in [0.1, 0.15) is 18.7 Å². The lowest BCUT2D eigenvalue weighted by atomic mass is 9.96. The van der Waals surface area contributed by atoms with Gasteiger partial charge in [0.2, 0.25) is 0 Å². The number of halogens is 6. The van der Waals surface area contributed by atoms with Crippen LogP contribution in [0.2, 0.25) is 0 Å². The van der Waals surface area contributed by atoms with Gasteiger partial charge in [-0.3, -0.25) is 11.3 Å². The van der Waals surface area contributed by atoms with Crippen molar-refractivity contribution in [1.29, 1.82) is 0 Å². The Morgan fingerprint density at radius 1 is 1.26 bits per heavy atom. The number of hydrogen-bond donors (Lipinski definition) is 2. The van der Waals surface area contributed by atoms with Crippen LogP contribution in [0.4, 0.5) is 26.3 Å². The number of hydrogen-bond acceptors (Lipinski definition) is 4. The van der Waals surface area contributed by atoms with Gasteiger partial charge < -0.3 is 0 Å². The molecule has 0 fully saturated rings. The number of nitrogens with one attached hydrogen (secondary N) is 1. The molecule has 11 heteroatoms. The summed E-state index contributed by atoms with van der Waals surface area (Å²) in [6.45, 7) is 1.57. The molecular formula is C8H11F6N5. The molecule has 1 rings (SSSR count). The third-order valence-electron chi connectivity index (χ3n) is 2.48. The molecule has 0 aromatic carbocycles. The summed E-state index contributed by atoms with van der Waals surface area (Å²) in [5, 5.41) is 6.68. The van der Waals surface area contributed by atoms with Crippen molar-refractivity contribution >= 4 is 0 Å². The van der Waals surface area contributed by atoms with Crippen molar-refractivity contribution in [3.8, 4) is 0 Å². The minimum atomic E-state index is -5.50. The number of hydrazine groups is 1. The molecule has 0 spiro atoms. The van der Waals surface area contributed by atoms with E-state index < -0.39 is 24.3 Å². The van der Waals surface area contributed by atoms with Crippen molar-refractivity contribution in [3.63, 3.8) is 0 Å². The van der Waals surface area contributed by atoms with Gasteiger partial charge in [-0.25, -0.2) is 4.68 Å². The van der Waals surface area contributed by atoms with E-state index in [9.17, 15) is 26.3 Å². The van der Waals surface area contributed by atoms with Crippen molar-refractivity contribution in [3.05, 3.63) is 11.9 Å². The zero-order valence-corrected chi connectivity index (χ0v) is 9.63. The first-order chi connectivity index (χ1) is 8.62. The normalized spacial score (nSPS) is 15.0. The Bertz CT molecular complexity index is 396. The molecule has 1 atom stereocenters. The van der Waals surface area contributed by atoms with Gasteiger partial charge in [0.1, 0.15) is 0 Å². The summed E-state index contributed by atoms with van der Waals surface area (Å²) < 4.78 is 76.6. The lowest BCUT2D eigenvalue weighted by Gasteiger charge is -2.30. The molecule has 1 unspecified atom stereocenters. The van der Waals surface area contributed by atoms with Crippen LogP contribution < -0.4 is 11.3 Å². The predicted molar refractivity (Wildman–Crippen MR) is 51.4 cm³/mol. The SMILES string of the molecule is CCn1nncc1C(NN)C(C(F)(F)F)C(F)(F)F. The molecule has 5 nitrogen and oxygen atoms in total. The van der Waals surface area contributed by atoms with Gasteiger partial charge in [-0.15, -0.1) is 5.10 Å². The molecule has 0 aliphatic rings. The highest BCUT2D eigenvalue weighted by atomic mass is 19.4. The number of alkyl halides is 6. The fourth-order valence-electron chi connectivity index (χ4n) is 1.67. The van der Waals surface area contributed by atoms with Gasteiger partial charge in [-0.2, -0.15) is 26.3 Å². The topological polar surface area (TPSA) is 68.8 Å². The molecule has 1 heterocycles. The number of nitrogens with two attached hydrogens (primary N) is 1. The third kappa shape index (κ3) is 3.35.